The molecular formula is C21H31BClNO5. The summed E-state index contributed by atoms with van der Waals surface area (Å²) in [4.78, 5) is 12.2. The SMILES string of the molecule is COc1cc(C=C(CNC(=O)OC(C)(C)C)B2OC(C)(C)C(C)(C)O2)ccc1Cl. The Labute approximate surface area is 179 Å². The van der Waals surface area contributed by atoms with Gasteiger partial charge in [0, 0.05) is 6.54 Å². The second-order valence-corrected chi connectivity index (χ2v) is 9.46. The van der Waals surface area contributed by atoms with Crippen molar-refractivity contribution in [2.24, 2.45) is 0 Å². The van der Waals surface area contributed by atoms with E-state index in [0.717, 1.165) is 11.0 Å². The van der Waals surface area contributed by atoms with E-state index in [2.05, 4.69) is 5.32 Å². The van der Waals surface area contributed by atoms with Crippen molar-refractivity contribution in [3.63, 3.8) is 0 Å². The maximum absolute atomic E-state index is 12.2. The van der Waals surface area contributed by atoms with E-state index in [1.165, 1.54) is 0 Å². The van der Waals surface area contributed by atoms with Crippen LogP contribution in [-0.4, -0.2) is 43.7 Å². The number of methoxy groups -OCH3 is 1. The molecule has 29 heavy (non-hydrogen) atoms. The molecule has 1 N–H and O–H groups in total. The molecule has 1 aliphatic rings. The lowest BCUT2D eigenvalue weighted by Crippen LogP contribution is -2.41. The first-order valence-corrected chi connectivity index (χ1v) is 9.98. The zero-order valence-corrected chi connectivity index (χ0v) is 19.3. The molecule has 0 unspecified atom stereocenters. The Balaban J connectivity index is 2.30. The van der Waals surface area contributed by atoms with E-state index in [1.807, 2.05) is 66.7 Å². The molecule has 0 atom stereocenters. The molecule has 0 saturated carbocycles. The highest BCUT2D eigenvalue weighted by Crippen LogP contribution is 2.39. The van der Waals surface area contributed by atoms with Gasteiger partial charge in [0.05, 0.1) is 23.3 Å². The third-order valence-corrected chi connectivity index (χ3v) is 5.23. The second kappa shape index (κ2) is 8.58. The molecule has 0 spiro atoms. The van der Waals surface area contributed by atoms with Crippen molar-refractivity contribution in [3.8, 4) is 5.75 Å². The first kappa shape index (κ1) is 23.6. The zero-order valence-electron chi connectivity index (χ0n) is 18.5. The average Bonchev–Trinajstić information content (AvgIpc) is 2.79. The lowest BCUT2D eigenvalue weighted by Gasteiger charge is -2.32. The molecule has 1 aromatic rings. The summed E-state index contributed by atoms with van der Waals surface area (Å²) in [5.41, 5.74) is 0.0172. The summed E-state index contributed by atoms with van der Waals surface area (Å²) in [5.74, 6) is 0.564. The summed E-state index contributed by atoms with van der Waals surface area (Å²) in [5, 5.41) is 3.31. The van der Waals surface area contributed by atoms with E-state index in [0.29, 0.717) is 10.8 Å². The minimum atomic E-state index is -0.614. The third-order valence-electron chi connectivity index (χ3n) is 4.92. The number of rotatable bonds is 5. The number of amides is 1. The van der Waals surface area contributed by atoms with Crippen molar-refractivity contribution in [3.05, 3.63) is 34.3 Å². The maximum Gasteiger partial charge on any atom is 0.492 e. The van der Waals surface area contributed by atoms with Crippen LogP contribution >= 0.6 is 11.6 Å². The van der Waals surface area contributed by atoms with Gasteiger partial charge in [0.25, 0.3) is 0 Å². The third kappa shape index (κ3) is 6.14. The van der Waals surface area contributed by atoms with E-state index in [-0.39, 0.29) is 6.54 Å². The minimum Gasteiger partial charge on any atom is -0.495 e. The van der Waals surface area contributed by atoms with Crippen LogP contribution in [0.2, 0.25) is 5.02 Å². The van der Waals surface area contributed by atoms with Crippen LogP contribution in [0, 0.1) is 0 Å². The minimum absolute atomic E-state index is 0.205. The highest BCUT2D eigenvalue weighted by atomic mass is 35.5. The fraction of sp³-hybridized carbons (Fsp3) is 0.571. The van der Waals surface area contributed by atoms with Crippen LogP contribution in [0.4, 0.5) is 4.79 Å². The number of hydrogen-bond donors (Lipinski definition) is 1. The van der Waals surface area contributed by atoms with Crippen LogP contribution < -0.4 is 10.1 Å². The molecule has 0 aliphatic carbocycles. The van der Waals surface area contributed by atoms with E-state index in [9.17, 15) is 4.79 Å². The number of halogens is 1. The summed E-state index contributed by atoms with van der Waals surface area (Å²) in [6, 6.07) is 5.44. The van der Waals surface area contributed by atoms with Crippen LogP contribution in [0.1, 0.15) is 54.0 Å². The summed E-state index contributed by atoms with van der Waals surface area (Å²) in [6.07, 6.45) is 1.40. The van der Waals surface area contributed by atoms with Gasteiger partial charge in [0.2, 0.25) is 0 Å². The Bertz CT molecular complexity index is 770. The van der Waals surface area contributed by atoms with Gasteiger partial charge in [0.15, 0.2) is 0 Å². The smallest absolute Gasteiger partial charge is 0.492 e. The van der Waals surface area contributed by atoms with Crippen LogP contribution in [0.5, 0.6) is 5.75 Å². The lowest BCUT2D eigenvalue weighted by molar-refractivity contribution is 0.00578. The number of benzene rings is 1. The van der Waals surface area contributed by atoms with E-state index >= 15 is 0 Å². The summed E-state index contributed by atoms with van der Waals surface area (Å²) in [7, 11) is 0.949. The molecule has 1 heterocycles. The Morgan fingerprint density at radius 3 is 2.31 bits per heavy atom. The van der Waals surface area contributed by atoms with Crippen molar-refractivity contribution < 1.29 is 23.6 Å². The number of nitrogens with one attached hydrogen (secondary N) is 1. The standard InChI is InChI=1S/C21H31BClNO5/c1-19(2,3)27-18(25)24-13-15(22-28-20(4,5)21(6,7)29-22)11-14-9-10-16(23)17(12-14)26-8/h9-12H,13H2,1-8H3,(H,24,25). The molecule has 2 rings (SSSR count). The van der Waals surface area contributed by atoms with Crippen molar-refractivity contribution in [2.75, 3.05) is 13.7 Å². The fourth-order valence-electron chi connectivity index (χ4n) is 2.67. The Hall–Kier alpha value is -1.70. The summed E-state index contributed by atoms with van der Waals surface area (Å²) < 4.78 is 23.0. The van der Waals surface area contributed by atoms with Gasteiger partial charge in [-0.2, -0.15) is 0 Å². The van der Waals surface area contributed by atoms with Gasteiger partial charge in [-0.05, 0) is 71.6 Å². The summed E-state index contributed by atoms with van der Waals surface area (Å²) in [6.45, 7) is 13.6. The highest BCUT2D eigenvalue weighted by Gasteiger charge is 2.52. The Morgan fingerprint density at radius 2 is 1.79 bits per heavy atom. The number of carbonyl (C=O) groups excluding carboxylic acids is 1. The summed E-state index contributed by atoms with van der Waals surface area (Å²) >= 11 is 6.13. The van der Waals surface area contributed by atoms with Crippen molar-refractivity contribution in [1.82, 2.24) is 5.32 Å². The predicted octanol–water partition coefficient (Wildman–Crippen LogP) is 4.89. The molecule has 0 bridgehead atoms. The largest absolute Gasteiger partial charge is 0.495 e. The maximum atomic E-state index is 12.2. The normalized spacial score (nSPS) is 18.5. The molecule has 1 aromatic carbocycles. The topological polar surface area (TPSA) is 66.0 Å². The number of carbonyl (C=O) groups is 1. The fourth-order valence-corrected chi connectivity index (χ4v) is 2.86. The zero-order chi connectivity index (χ0) is 22.0. The quantitative estimate of drug-likeness (QED) is 0.683. The molecule has 0 radical (unpaired) electrons. The van der Waals surface area contributed by atoms with Gasteiger partial charge in [-0.1, -0.05) is 23.7 Å². The molecule has 1 aliphatic heterocycles. The molecule has 1 fully saturated rings. The van der Waals surface area contributed by atoms with Gasteiger partial charge in [-0.3, -0.25) is 0 Å². The molecule has 0 aromatic heterocycles. The monoisotopic (exact) mass is 423 g/mol. The number of hydrogen-bond acceptors (Lipinski definition) is 5. The Morgan fingerprint density at radius 1 is 1.21 bits per heavy atom. The lowest BCUT2D eigenvalue weighted by atomic mass is 9.77. The van der Waals surface area contributed by atoms with E-state index in [4.69, 9.17) is 30.4 Å². The van der Waals surface area contributed by atoms with Crippen molar-refractivity contribution >= 4 is 30.9 Å². The first-order chi connectivity index (χ1) is 13.2. The highest BCUT2D eigenvalue weighted by molar-refractivity contribution is 6.56. The second-order valence-electron chi connectivity index (χ2n) is 9.06. The van der Waals surface area contributed by atoms with Crippen molar-refractivity contribution in [2.45, 2.75) is 65.3 Å². The van der Waals surface area contributed by atoms with Crippen molar-refractivity contribution in [1.29, 1.82) is 0 Å². The van der Waals surface area contributed by atoms with E-state index < -0.39 is 30.0 Å². The van der Waals surface area contributed by atoms with E-state index in [1.54, 1.807) is 13.2 Å². The van der Waals surface area contributed by atoms with Gasteiger partial charge in [-0.15, -0.1) is 0 Å². The average molecular weight is 424 g/mol. The molecule has 8 heteroatoms. The van der Waals surface area contributed by atoms with Crippen LogP contribution in [-0.2, 0) is 14.0 Å². The molecule has 160 valence electrons. The predicted molar refractivity (Wildman–Crippen MR) is 116 cm³/mol. The molecule has 1 saturated heterocycles. The van der Waals surface area contributed by atoms with Gasteiger partial charge in [-0.25, -0.2) is 4.79 Å². The number of alkyl carbamates (subject to hydrolysis) is 1. The van der Waals surface area contributed by atoms with Crippen LogP contribution in [0.3, 0.4) is 0 Å². The number of ether oxygens (including phenoxy) is 2. The van der Waals surface area contributed by atoms with Gasteiger partial charge < -0.3 is 24.1 Å². The van der Waals surface area contributed by atoms with Crippen LogP contribution in [0.25, 0.3) is 6.08 Å². The first-order valence-electron chi connectivity index (χ1n) is 9.60. The van der Waals surface area contributed by atoms with Crippen LogP contribution in [0.15, 0.2) is 23.7 Å². The molecular weight excluding hydrogens is 392 g/mol. The molecule has 6 nitrogen and oxygen atoms in total. The Kier molecular flexibility index (Phi) is 6.98. The van der Waals surface area contributed by atoms with Gasteiger partial charge >= 0.3 is 13.2 Å². The molecule has 1 amide bonds. The van der Waals surface area contributed by atoms with Gasteiger partial charge in [0.1, 0.15) is 11.4 Å².